The Hall–Kier alpha value is -0.980. The molecule has 1 N–H and O–H groups in total. The number of hydrogen-bond acceptors (Lipinski definition) is 5. The first-order valence-electron chi connectivity index (χ1n) is 8.10. The summed E-state index contributed by atoms with van der Waals surface area (Å²) >= 11 is 0. The Morgan fingerprint density at radius 1 is 0.739 bits per heavy atom. The van der Waals surface area contributed by atoms with Crippen LogP contribution in [0.2, 0.25) is 0 Å². The molecule has 0 bridgehead atoms. The number of amides is 1. The molecule has 0 aliphatic carbocycles. The molecule has 0 heterocycles. The quantitative estimate of drug-likeness (QED) is 0.585. The van der Waals surface area contributed by atoms with Gasteiger partial charge >= 0.3 is 0 Å². The minimum atomic E-state index is -0.377. The lowest BCUT2D eigenvalue weighted by atomic mass is 9.91. The molecule has 0 saturated carbocycles. The molecular formula is C17H33NO5. The van der Waals surface area contributed by atoms with Crippen LogP contribution in [-0.4, -0.2) is 57.9 Å². The molecule has 0 aliphatic heterocycles. The van der Waals surface area contributed by atoms with E-state index in [0.717, 1.165) is 0 Å². The summed E-state index contributed by atoms with van der Waals surface area (Å²) in [4.78, 5) is 23.2. The van der Waals surface area contributed by atoms with Crippen LogP contribution in [0.15, 0.2) is 0 Å². The topological polar surface area (TPSA) is 73.9 Å². The number of nitrogens with one attached hydrogen (secondary N) is 1. The molecule has 0 rings (SSSR count). The summed E-state index contributed by atoms with van der Waals surface area (Å²) in [5.41, 5.74) is -0.741. The molecule has 0 radical (unpaired) electrons. The predicted octanol–water partition coefficient (Wildman–Crippen LogP) is 1.81. The van der Waals surface area contributed by atoms with Crippen LogP contribution in [0.25, 0.3) is 0 Å². The number of carbonyl (C=O) groups excluding carboxylic acids is 2. The van der Waals surface area contributed by atoms with Gasteiger partial charge in [0.15, 0.2) is 5.78 Å². The number of rotatable bonds is 11. The molecule has 1 amide bonds. The van der Waals surface area contributed by atoms with Gasteiger partial charge < -0.3 is 19.5 Å². The Morgan fingerprint density at radius 3 is 1.70 bits per heavy atom. The number of hydrogen-bond donors (Lipinski definition) is 1. The summed E-state index contributed by atoms with van der Waals surface area (Å²) in [6.07, 6.45) is 0. The van der Waals surface area contributed by atoms with Crippen LogP contribution in [0.3, 0.4) is 0 Å². The fourth-order valence-corrected chi connectivity index (χ4v) is 1.32. The highest BCUT2D eigenvalue weighted by atomic mass is 16.5. The average Bonchev–Trinajstić information content (AvgIpc) is 2.42. The molecule has 136 valence electrons. The van der Waals surface area contributed by atoms with Gasteiger partial charge in [0.2, 0.25) is 5.91 Å². The van der Waals surface area contributed by atoms with Crippen molar-refractivity contribution in [3.8, 4) is 0 Å². The minimum Gasteiger partial charge on any atom is -0.377 e. The first-order valence-corrected chi connectivity index (χ1v) is 8.10. The summed E-state index contributed by atoms with van der Waals surface area (Å²) in [5.74, 6) is 0.0949. The van der Waals surface area contributed by atoms with Crippen molar-refractivity contribution in [2.45, 2.75) is 41.5 Å². The van der Waals surface area contributed by atoms with Gasteiger partial charge in [-0.25, -0.2) is 0 Å². The molecular weight excluding hydrogens is 298 g/mol. The molecule has 0 aromatic heterocycles. The Bertz CT molecular complexity index is 321. The summed E-state index contributed by atoms with van der Waals surface area (Å²) < 4.78 is 15.9. The van der Waals surface area contributed by atoms with E-state index in [1.807, 2.05) is 41.5 Å². The molecule has 0 unspecified atom stereocenters. The van der Waals surface area contributed by atoms with Crippen LogP contribution >= 0.6 is 0 Å². The normalized spacial score (nSPS) is 12.3. The largest absolute Gasteiger partial charge is 0.377 e. The second-order valence-corrected chi connectivity index (χ2v) is 7.46. The van der Waals surface area contributed by atoms with Gasteiger partial charge in [-0.3, -0.25) is 9.59 Å². The van der Waals surface area contributed by atoms with Crippen LogP contribution < -0.4 is 5.32 Å². The predicted molar refractivity (Wildman–Crippen MR) is 89.4 cm³/mol. The summed E-state index contributed by atoms with van der Waals surface area (Å²) in [7, 11) is 0. The number of ketones is 1. The van der Waals surface area contributed by atoms with E-state index < -0.39 is 0 Å². The zero-order valence-electron chi connectivity index (χ0n) is 15.5. The lowest BCUT2D eigenvalue weighted by Crippen LogP contribution is -2.36. The van der Waals surface area contributed by atoms with Gasteiger partial charge in [0, 0.05) is 17.4 Å². The molecule has 0 spiro atoms. The van der Waals surface area contributed by atoms with Gasteiger partial charge in [-0.05, 0) is 0 Å². The fourth-order valence-electron chi connectivity index (χ4n) is 1.32. The molecule has 0 fully saturated rings. The van der Waals surface area contributed by atoms with Gasteiger partial charge in [-0.15, -0.1) is 0 Å². The highest BCUT2D eigenvalue weighted by Gasteiger charge is 2.21. The van der Waals surface area contributed by atoms with E-state index >= 15 is 0 Å². The van der Waals surface area contributed by atoms with Crippen LogP contribution in [0.4, 0.5) is 0 Å². The molecule has 6 nitrogen and oxygen atoms in total. The molecule has 0 aromatic carbocycles. The summed E-state index contributed by atoms with van der Waals surface area (Å²) in [6, 6.07) is 0. The van der Waals surface area contributed by atoms with Crippen LogP contribution in [0.5, 0.6) is 0 Å². The van der Waals surface area contributed by atoms with Gasteiger partial charge in [0.25, 0.3) is 0 Å². The van der Waals surface area contributed by atoms with Crippen molar-refractivity contribution in [2.24, 2.45) is 10.8 Å². The number of ether oxygens (including phenoxy) is 3. The molecule has 23 heavy (non-hydrogen) atoms. The highest BCUT2D eigenvalue weighted by Crippen LogP contribution is 2.14. The molecule has 0 aliphatic rings. The minimum absolute atomic E-state index is 0.0132. The smallest absolute Gasteiger partial charge is 0.225 e. The van der Waals surface area contributed by atoms with Crippen LogP contribution in [0.1, 0.15) is 41.5 Å². The van der Waals surface area contributed by atoms with E-state index in [1.54, 1.807) is 0 Å². The third-order valence-corrected chi connectivity index (χ3v) is 3.03. The third-order valence-electron chi connectivity index (χ3n) is 3.03. The molecule has 0 saturated heterocycles. The summed E-state index contributed by atoms with van der Waals surface area (Å²) in [5, 5.41) is 2.81. The second kappa shape index (κ2) is 10.7. The van der Waals surface area contributed by atoms with E-state index in [-0.39, 0.29) is 29.1 Å². The maximum Gasteiger partial charge on any atom is 0.225 e. The van der Waals surface area contributed by atoms with E-state index in [1.165, 1.54) is 0 Å². The van der Waals surface area contributed by atoms with Crippen molar-refractivity contribution in [3.63, 3.8) is 0 Å². The molecule has 6 heteroatoms. The SMILES string of the molecule is CC(C)(C)C(=O)COCCOCCOCCNC(=O)C(C)(C)C. The van der Waals surface area contributed by atoms with Crippen LogP contribution in [0, 0.1) is 10.8 Å². The molecule has 0 atom stereocenters. The monoisotopic (exact) mass is 331 g/mol. The van der Waals surface area contributed by atoms with Gasteiger partial charge in [-0.1, -0.05) is 41.5 Å². The van der Waals surface area contributed by atoms with Crippen molar-refractivity contribution in [1.82, 2.24) is 5.32 Å². The second-order valence-electron chi connectivity index (χ2n) is 7.46. The standard InChI is InChI=1S/C17H33NO5/c1-16(2,3)14(19)13-23-12-11-22-10-9-21-8-7-18-15(20)17(4,5)6/h7-13H2,1-6H3,(H,18,20). The van der Waals surface area contributed by atoms with Crippen molar-refractivity contribution in [2.75, 3.05) is 46.2 Å². The van der Waals surface area contributed by atoms with Crippen molar-refractivity contribution < 1.29 is 23.8 Å². The molecule has 0 aromatic rings. The van der Waals surface area contributed by atoms with E-state index in [4.69, 9.17) is 14.2 Å². The Kier molecular flexibility index (Phi) is 10.3. The van der Waals surface area contributed by atoms with Gasteiger partial charge in [-0.2, -0.15) is 0 Å². The highest BCUT2D eigenvalue weighted by molar-refractivity contribution is 5.84. The zero-order valence-corrected chi connectivity index (χ0v) is 15.5. The van der Waals surface area contributed by atoms with Crippen LogP contribution in [-0.2, 0) is 23.8 Å². The van der Waals surface area contributed by atoms with E-state index in [9.17, 15) is 9.59 Å². The Morgan fingerprint density at radius 2 is 1.22 bits per heavy atom. The average molecular weight is 331 g/mol. The van der Waals surface area contributed by atoms with Gasteiger partial charge in [0.1, 0.15) is 6.61 Å². The fraction of sp³-hybridized carbons (Fsp3) is 0.882. The third kappa shape index (κ3) is 12.1. The summed E-state index contributed by atoms with van der Waals surface area (Å²) in [6.45, 7) is 14.0. The Labute approximate surface area is 140 Å². The lowest BCUT2D eigenvalue weighted by Gasteiger charge is -2.17. The first-order chi connectivity index (χ1) is 10.5. The first kappa shape index (κ1) is 22.0. The number of carbonyl (C=O) groups is 2. The zero-order chi connectivity index (χ0) is 17.9. The van der Waals surface area contributed by atoms with Crippen molar-refractivity contribution in [3.05, 3.63) is 0 Å². The maximum absolute atomic E-state index is 11.6. The van der Waals surface area contributed by atoms with Gasteiger partial charge in [0.05, 0.1) is 33.0 Å². The Balaban J connectivity index is 3.35. The lowest BCUT2D eigenvalue weighted by molar-refractivity contribution is -0.131. The van der Waals surface area contributed by atoms with Crippen molar-refractivity contribution in [1.29, 1.82) is 0 Å². The number of Topliss-reactive ketones (excluding diaryl/α,β-unsaturated/α-hetero) is 1. The van der Waals surface area contributed by atoms with E-state index in [2.05, 4.69) is 5.32 Å². The van der Waals surface area contributed by atoms with Crippen molar-refractivity contribution >= 4 is 11.7 Å². The maximum atomic E-state index is 11.6. The van der Waals surface area contributed by atoms with E-state index in [0.29, 0.717) is 39.6 Å².